The topological polar surface area (TPSA) is 41.3 Å². The normalized spacial score (nSPS) is 22.5. The molecule has 0 amide bonds. The molecule has 0 aromatic rings. The maximum Gasteiger partial charge on any atom is 0.0105 e. The van der Waals surface area contributed by atoms with Gasteiger partial charge in [-0.15, -0.1) is 0 Å². The van der Waals surface area contributed by atoms with Crippen molar-refractivity contribution in [2.75, 3.05) is 26.2 Å². The molecule has 1 saturated heterocycles. The third-order valence-electron chi connectivity index (χ3n) is 3.17. The van der Waals surface area contributed by atoms with E-state index in [4.69, 9.17) is 5.73 Å². The predicted octanol–water partition coefficient (Wildman–Crippen LogP) is 0.798. The molecule has 3 heteroatoms. The van der Waals surface area contributed by atoms with E-state index in [0.29, 0.717) is 6.04 Å². The van der Waals surface area contributed by atoms with Crippen LogP contribution in [0.25, 0.3) is 0 Å². The smallest absolute Gasteiger partial charge is 0.0105 e. The Bertz CT molecular complexity index is 141. The minimum absolute atomic E-state index is 0.668. The van der Waals surface area contributed by atoms with E-state index in [9.17, 15) is 0 Å². The first-order valence-corrected chi connectivity index (χ1v) is 5.94. The van der Waals surface area contributed by atoms with Gasteiger partial charge in [0.15, 0.2) is 0 Å². The van der Waals surface area contributed by atoms with Crippen molar-refractivity contribution < 1.29 is 0 Å². The molecule has 1 unspecified atom stereocenters. The average Bonchev–Trinajstić information content (AvgIpc) is 2.21. The standard InChI is InChI=1S/C11H25N3/c1-3-10(2)13-11-4-7-14(8-5-11)9-6-12/h10-11,13H,3-9,12H2,1-2H3. The Morgan fingerprint density at radius 2 is 2.07 bits per heavy atom. The Kier molecular flexibility index (Phi) is 5.45. The molecule has 0 radical (unpaired) electrons. The predicted molar refractivity (Wildman–Crippen MR) is 61.4 cm³/mol. The van der Waals surface area contributed by atoms with Crippen LogP contribution in [0.15, 0.2) is 0 Å². The van der Waals surface area contributed by atoms with Crippen LogP contribution in [-0.2, 0) is 0 Å². The van der Waals surface area contributed by atoms with Crippen molar-refractivity contribution in [2.24, 2.45) is 5.73 Å². The fourth-order valence-corrected chi connectivity index (χ4v) is 2.03. The van der Waals surface area contributed by atoms with Crippen LogP contribution in [0.3, 0.4) is 0 Å². The summed E-state index contributed by atoms with van der Waals surface area (Å²) in [4.78, 5) is 2.47. The van der Waals surface area contributed by atoms with Gasteiger partial charge in [-0.3, -0.25) is 0 Å². The molecule has 3 N–H and O–H groups in total. The van der Waals surface area contributed by atoms with Gasteiger partial charge in [-0.05, 0) is 39.3 Å². The van der Waals surface area contributed by atoms with Crippen molar-refractivity contribution >= 4 is 0 Å². The quantitative estimate of drug-likeness (QED) is 0.688. The molecular weight excluding hydrogens is 174 g/mol. The van der Waals surface area contributed by atoms with Crippen LogP contribution in [0.1, 0.15) is 33.1 Å². The number of hydrogen-bond acceptors (Lipinski definition) is 3. The van der Waals surface area contributed by atoms with Crippen molar-refractivity contribution in [2.45, 2.75) is 45.2 Å². The molecule has 1 aliphatic rings. The lowest BCUT2D eigenvalue weighted by atomic mass is 10.0. The maximum atomic E-state index is 5.54. The van der Waals surface area contributed by atoms with E-state index in [1.165, 1.54) is 32.4 Å². The SMILES string of the molecule is CCC(C)NC1CCN(CCN)CC1. The fraction of sp³-hybridized carbons (Fsp3) is 1.00. The molecule has 1 rings (SSSR count). The van der Waals surface area contributed by atoms with Gasteiger partial charge >= 0.3 is 0 Å². The van der Waals surface area contributed by atoms with E-state index in [2.05, 4.69) is 24.1 Å². The molecule has 3 nitrogen and oxygen atoms in total. The monoisotopic (exact) mass is 199 g/mol. The highest BCUT2D eigenvalue weighted by molar-refractivity contribution is 4.78. The summed E-state index contributed by atoms with van der Waals surface area (Å²) in [6.07, 6.45) is 3.79. The van der Waals surface area contributed by atoms with Gasteiger partial charge in [0.25, 0.3) is 0 Å². The molecular formula is C11H25N3. The van der Waals surface area contributed by atoms with Crippen molar-refractivity contribution in [3.05, 3.63) is 0 Å². The summed E-state index contributed by atoms with van der Waals surface area (Å²) in [7, 11) is 0. The summed E-state index contributed by atoms with van der Waals surface area (Å²) >= 11 is 0. The van der Waals surface area contributed by atoms with E-state index in [1.807, 2.05) is 0 Å². The average molecular weight is 199 g/mol. The minimum atomic E-state index is 0.668. The van der Waals surface area contributed by atoms with Gasteiger partial charge in [0.1, 0.15) is 0 Å². The van der Waals surface area contributed by atoms with Crippen LogP contribution in [0, 0.1) is 0 Å². The molecule has 14 heavy (non-hydrogen) atoms. The highest BCUT2D eigenvalue weighted by Crippen LogP contribution is 2.10. The van der Waals surface area contributed by atoms with Gasteiger partial charge in [-0.1, -0.05) is 6.92 Å². The number of piperidine rings is 1. The van der Waals surface area contributed by atoms with Gasteiger partial charge in [0.05, 0.1) is 0 Å². The lowest BCUT2D eigenvalue weighted by Crippen LogP contribution is -2.46. The number of nitrogens with one attached hydrogen (secondary N) is 1. The number of rotatable bonds is 5. The molecule has 0 saturated carbocycles. The Morgan fingerprint density at radius 1 is 1.43 bits per heavy atom. The molecule has 1 fully saturated rings. The van der Waals surface area contributed by atoms with E-state index < -0.39 is 0 Å². The Balaban J connectivity index is 2.15. The summed E-state index contributed by atoms with van der Waals surface area (Å²) < 4.78 is 0. The highest BCUT2D eigenvalue weighted by Gasteiger charge is 2.18. The van der Waals surface area contributed by atoms with Gasteiger partial charge in [-0.25, -0.2) is 0 Å². The molecule has 0 aromatic heterocycles. The first-order valence-electron chi connectivity index (χ1n) is 5.94. The van der Waals surface area contributed by atoms with Gasteiger partial charge < -0.3 is 16.0 Å². The second-order valence-electron chi connectivity index (χ2n) is 4.38. The van der Waals surface area contributed by atoms with E-state index in [0.717, 1.165) is 19.1 Å². The summed E-state index contributed by atoms with van der Waals surface area (Å²) in [5.74, 6) is 0. The molecule has 0 bridgehead atoms. The zero-order chi connectivity index (χ0) is 10.4. The Morgan fingerprint density at radius 3 is 2.57 bits per heavy atom. The van der Waals surface area contributed by atoms with Crippen molar-refractivity contribution in [3.8, 4) is 0 Å². The Hall–Kier alpha value is -0.120. The van der Waals surface area contributed by atoms with Gasteiger partial charge in [0, 0.05) is 25.2 Å². The highest BCUT2D eigenvalue weighted by atomic mass is 15.1. The second-order valence-corrected chi connectivity index (χ2v) is 4.38. The Labute approximate surface area is 88.0 Å². The summed E-state index contributed by atoms with van der Waals surface area (Å²) in [5.41, 5.74) is 5.54. The lowest BCUT2D eigenvalue weighted by Gasteiger charge is -2.33. The third kappa shape index (κ3) is 3.95. The van der Waals surface area contributed by atoms with Gasteiger partial charge in [0.2, 0.25) is 0 Å². The van der Waals surface area contributed by atoms with E-state index in [1.54, 1.807) is 0 Å². The number of hydrogen-bond donors (Lipinski definition) is 2. The molecule has 84 valence electrons. The molecule has 0 spiro atoms. The lowest BCUT2D eigenvalue weighted by molar-refractivity contribution is 0.196. The van der Waals surface area contributed by atoms with Crippen LogP contribution in [0.4, 0.5) is 0 Å². The summed E-state index contributed by atoms with van der Waals surface area (Å²) in [6.45, 7) is 8.80. The van der Waals surface area contributed by atoms with Gasteiger partial charge in [-0.2, -0.15) is 0 Å². The zero-order valence-corrected chi connectivity index (χ0v) is 9.63. The molecule has 1 heterocycles. The van der Waals surface area contributed by atoms with Crippen LogP contribution in [0.5, 0.6) is 0 Å². The fourth-order valence-electron chi connectivity index (χ4n) is 2.03. The first kappa shape index (κ1) is 12.0. The zero-order valence-electron chi connectivity index (χ0n) is 9.63. The van der Waals surface area contributed by atoms with Crippen molar-refractivity contribution in [1.82, 2.24) is 10.2 Å². The van der Waals surface area contributed by atoms with E-state index >= 15 is 0 Å². The number of nitrogens with zero attached hydrogens (tertiary/aromatic N) is 1. The first-order chi connectivity index (χ1) is 6.76. The molecule has 1 atom stereocenters. The van der Waals surface area contributed by atoms with Crippen LogP contribution >= 0.6 is 0 Å². The van der Waals surface area contributed by atoms with Crippen molar-refractivity contribution in [3.63, 3.8) is 0 Å². The van der Waals surface area contributed by atoms with Crippen molar-refractivity contribution in [1.29, 1.82) is 0 Å². The third-order valence-corrected chi connectivity index (χ3v) is 3.17. The minimum Gasteiger partial charge on any atom is -0.329 e. The second kappa shape index (κ2) is 6.38. The van der Waals surface area contributed by atoms with E-state index in [-0.39, 0.29) is 0 Å². The number of nitrogens with two attached hydrogens (primary N) is 1. The largest absolute Gasteiger partial charge is 0.329 e. The maximum absolute atomic E-state index is 5.54. The summed E-state index contributed by atoms with van der Waals surface area (Å²) in [6, 6.07) is 1.40. The number of likely N-dealkylation sites (tertiary alicyclic amines) is 1. The molecule has 0 aliphatic carbocycles. The van der Waals surface area contributed by atoms with Crippen LogP contribution in [0.2, 0.25) is 0 Å². The summed E-state index contributed by atoms with van der Waals surface area (Å²) in [5, 5.41) is 3.67. The van der Waals surface area contributed by atoms with Crippen LogP contribution < -0.4 is 11.1 Å². The molecule has 1 aliphatic heterocycles. The molecule has 0 aromatic carbocycles. The van der Waals surface area contributed by atoms with Crippen LogP contribution in [-0.4, -0.2) is 43.2 Å².